The standard InChI is InChI=1S/C4H3NO2.4C4H4S.C2H4O2/c6-3-1-2-5-4(3)7;4*1-2-4-5-3-1;1-2(3)4/h1-2H,(H,5,6,7);4*1-4H;1H3,(H,3,4). The molecule has 0 spiro atoms. The lowest BCUT2D eigenvalue weighted by Gasteiger charge is -1.78. The van der Waals surface area contributed by atoms with Crippen LogP contribution in [0.3, 0.4) is 0 Å². The van der Waals surface area contributed by atoms with Crippen LogP contribution in [-0.4, -0.2) is 22.8 Å². The van der Waals surface area contributed by atoms with Gasteiger partial charge in [0.2, 0.25) is 5.78 Å². The van der Waals surface area contributed by atoms with E-state index in [4.69, 9.17) is 9.90 Å². The molecule has 0 atom stereocenters. The van der Waals surface area contributed by atoms with Gasteiger partial charge >= 0.3 is 0 Å². The van der Waals surface area contributed by atoms with E-state index in [9.17, 15) is 9.59 Å². The van der Waals surface area contributed by atoms with Crippen LogP contribution in [-0.2, 0) is 14.4 Å². The van der Waals surface area contributed by atoms with Crippen LogP contribution in [0.2, 0.25) is 0 Å². The van der Waals surface area contributed by atoms with Crippen molar-refractivity contribution in [3.8, 4) is 0 Å². The number of carbonyl (C=O) groups is 3. The summed E-state index contributed by atoms with van der Waals surface area (Å²) in [6.07, 6.45) is 2.52. The number of ketones is 1. The van der Waals surface area contributed by atoms with Crippen LogP contribution in [0.1, 0.15) is 6.92 Å². The molecule has 0 saturated heterocycles. The van der Waals surface area contributed by atoms with Gasteiger partial charge in [-0.05, 0) is 43.0 Å². The largest absolute Gasteiger partial charge is 0.481 e. The Bertz CT molecular complexity index is 708. The molecule has 4 aromatic heterocycles. The molecule has 1 aliphatic rings. The molecular formula is C22H23NO4S4. The number of carboxylic acid groups (broad SMARTS) is 1. The first-order valence-corrected chi connectivity index (χ1v) is 12.4. The molecule has 0 aromatic carbocycles. The van der Waals surface area contributed by atoms with Crippen LogP contribution < -0.4 is 5.32 Å². The van der Waals surface area contributed by atoms with E-state index < -0.39 is 17.7 Å². The van der Waals surface area contributed by atoms with Gasteiger partial charge in [-0.25, -0.2) is 0 Å². The van der Waals surface area contributed by atoms with Crippen molar-refractivity contribution in [2.24, 2.45) is 0 Å². The number of thiophene rings is 4. The van der Waals surface area contributed by atoms with Crippen molar-refractivity contribution in [1.82, 2.24) is 5.32 Å². The fourth-order valence-corrected chi connectivity index (χ4v) is 3.06. The number of nitrogens with one attached hydrogen (secondary N) is 1. The molecule has 1 amide bonds. The SMILES string of the molecule is CC(=O)O.O=C1C=CNC1=O.c1ccsc1.c1ccsc1.c1ccsc1.c1ccsc1. The molecule has 4 aromatic rings. The zero-order chi connectivity index (χ0) is 23.0. The molecule has 31 heavy (non-hydrogen) atoms. The third-order valence-corrected chi connectivity index (χ3v) is 4.89. The van der Waals surface area contributed by atoms with E-state index in [-0.39, 0.29) is 0 Å². The highest BCUT2D eigenvalue weighted by Crippen LogP contribution is 1.93. The second-order valence-corrected chi connectivity index (χ2v) is 8.13. The number of hydrogen-bond acceptors (Lipinski definition) is 7. The Morgan fingerprint density at radius 3 is 1.00 bits per heavy atom. The summed E-state index contributed by atoms with van der Waals surface area (Å²) < 4.78 is 0. The van der Waals surface area contributed by atoms with E-state index in [0.29, 0.717) is 0 Å². The maximum atomic E-state index is 10.1. The Morgan fingerprint density at radius 1 is 0.677 bits per heavy atom. The van der Waals surface area contributed by atoms with Gasteiger partial charge in [0.05, 0.1) is 0 Å². The summed E-state index contributed by atoms with van der Waals surface area (Å²) in [4.78, 5) is 29.1. The van der Waals surface area contributed by atoms with Gasteiger partial charge in [0.25, 0.3) is 11.9 Å². The summed E-state index contributed by atoms with van der Waals surface area (Å²) in [6.45, 7) is 1.08. The Balaban J connectivity index is 0.000000352. The lowest BCUT2D eigenvalue weighted by atomic mass is 10.4. The molecule has 5 nitrogen and oxygen atoms in total. The first kappa shape index (κ1) is 28.2. The highest BCUT2D eigenvalue weighted by atomic mass is 32.1. The summed E-state index contributed by atoms with van der Waals surface area (Å²) in [7, 11) is 0. The Kier molecular flexibility index (Phi) is 19.8. The predicted octanol–water partition coefficient (Wildman–Crippen LogP) is 6.28. The third-order valence-electron chi connectivity index (χ3n) is 2.37. The monoisotopic (exact) mass is 493 g/mol. The molecule has 2 N–H and O–H groups in total. The molecule has 0 aliphatic carbocycles. The van der Waals surface area contributed by atoms with E-state index in [1.165, 1.54) is 12.3 Å². The van der Waals surface area contributed by atoms with Crippen molar-refractivity contribution in [2.45, 2.75) is 6.92 Å². The van der Waals surface area contributed by atoms with Gasteiger partial charge < -0.3 is 10.4 Å². The van der Waals surface area contributed by atoms with Crippen molar-refractivity contribution in [3.63, 3.8) is 0 Å². The minimum absolute atomic E-state index is 0.472. The molecular weight excluding hydrogens is 471 g/mol. The minimum atomic E-state index is -0.833. The fraction of sp³-hybridized carbons (Fsp3) is 0.0455. The van der Waals surface area contributed by atoms with Crippen LogP contribution in [0.25, 0.3) is 0 Å². The highest BCUT2D eigenvalue weighted by molar-refractivity contribution is 7.08. The van der Waals surface area contributed by atoms with Crippen LogP contribution in [0, 0.1) is 0 Å². The van der Waals surface area contributed by atoms with E-state index in [0.717, 1.165) is 6.92 Å². The van der Waals surface area contributed by atoms with Gasteiger partial charge in [-0.2, -0.15) is 45.3 Å². The Hall–Kier alpha value is -2.85. The average Bonchev–Trinajstić information content (AvgIpc) is 3.61. The van der Waals surface area contributed by atoms with Crippen LogP contribution >= 0.6 is 45.3 Å². The normalized spacial score (nSPS) is 9.97. The molecule has 1 aliphatic heterocycles. The number of rotatable bonds is 0. The third kappa shape index (κ3) is 23.3. The predicted molar refractivity (Wildman–Crippen MR) is 133 cm³/mol. The maximum absolute atomic E-state index is 10.1. The number of hydrogen-bond donors (Lipinski definition) is 2. The fourth-order valence-electron chi connectivity index (χ4n) is 1.25. The zero-order valence-corrected chi connectivity index (χ0v) is 20.0. The van der Waals surface area contributed by atoms with Gasteiger partial charge in [-0.1, -0.05) is 48.5 Å². The Labute approximate surface area is 198 Å². The van der Waals surface area contributed by atoms with Crippen molar-refractivity contribution in [3.05, 3.63) is 104 Å². The first-order chi connectivity index (χ1) is 15.0. The number of carboxylic acids is 1. The minimum Gasteiger partial charge on any atom is -0.481 e. The second kappa shape index (κ2) is 21.8. The Morgan fingerprint density at radius 2 is 0.935 bits per heavy atom. The molecule has 0 saturated carbocycles. The quantitative estimate of drug-likeness (QED) is 0.282. The smallest absolute Gasteiger partial charge is 0.300 e. The van der Waals surface area contributed by atoms with Crippen LogP contribution in [0.5, 0.6) is 0 Å². The van der Waals surface area contributed by atoms with E-state index in [2.05, 4.69) is 5.32 Å². The number of amides is 1. The van der Waals surface area contributed by atoms with Gasteiger partial charge in [0, 0.05) is 19.2 Å². The lowest BCUT2D eigenvalue weighted by molar-refractivity contribution is -0.134. The number of aliphatic carboxylic acids is 1. The topological polar surface area (TPSA) is 83.5 Å². The van der Waals surface area contributed by atoms with Crippen molar-refractivity contribution < 1.29 is 19.5 Å². The molecule has 9 heteroatoms. The molecule has 0 unspecified atom stereocenters. The summed E-state index contributed by atoms with van der Waals surface area (Å²) in [5.74, 6) is -1.85. The van der Waals surface area contributed by atoms with Gasteiger partial charge in [0.15, 0.2) is 0 Å². The highest BCUT2D eigenvalue weighted by Gasteiger charge is 2.12. The molecule has 5 rings (SSSR count). The molecule has 5 heterocycles. The lowest BCUT2D eigenvalue weighted by Crippen LogP contribution is -2.17. The van der Waals surface area contributed by atoms with Crippen LogP contribution in [0.4, 0.5) is 0 Å². The van der Waals surface area contributed by atoms with Crippen molar-refractivity contribution in [1.29, 1.82) is 0 Å². The van der Waals surface area contributed by atoms with Gasteiger partial charge in [0.1, 0.15) is 0 Å². The van der Waals surface area contributed by atoms with Gasteiger partial charge in [-0.15, -0.1) is 0 Å². The summed E-state index contributed by atoms with van der Waals surface area (Å²) >= 11 is 6.85. The van der Waals surface area contributed by atoms with E-state index in [1.54, 1.807) is 45.3 Å². The number of carbonyl (C=O) groups excluding carboxylic acids is 2. The average molecular weight is 494 g/mol. The molecule has 0 bridgehead atoms. The molecule has 0 radical (unpaired) electrons. The summed E-state index contributed by atoms with van der Waals surface area (Å²) in [6, 6.07) is 16.1. The molecule has 0 fully saturated rings. The summed E-state index contributed by atoms with van der Waals surface area (Å²) in [5, 5.41) is 26.0. The maximum Gasteiger partial charge on any atom is 0.300 e. The van der Waals surface area contributed by atoms with E-state index in [1.807, 2.05) is 91.6 Å². The van der Waals surface area contributed by atoms with Crippen LogP contribution in [0.15, 0.2) is 104 Å². The zero-order valence-electron chi connectivity index (χ0n) is 16.7. The summed E-state index contributed by atoms with van der Waals surface area (Å²) in [5.41, 5.74) is 0. The van der Waals surface area contributed by atoms with E-state index >= 15 is 0 Å². The van der Waals surface area contributed by atoms with Crippen molar-refractivity contribution in [2.75, 3.05) is 0 Å². The van der Waals surface area contributed by atoms with Gasteiger partial charge in [-0.3, -0.25) is 14.4 Å². The molecule has 164 valence electrons. The second-order valence-electron chi connectivity index (χ2n) is 4.86. The first-order valence-electron chi connectivity index (χ1n) is 8.63. The van der Waals surface area contributed by atoms with Crippen molar-refractivity contribution >= 4 is 63.0 Å².